The van der Waals surface area contributed by atoms with Crippen molar-refractivity contribution in [2.75, 3.05) is 10.0 Å². The number of hydrogen-bond donors (Lipinski definition) is 2. The van der Waals surface area contributed by atoms with E-state index >= 15 is 0 Å². The van der Waals surface area contributed by atoms with Crippen LogP contribution in [0.3, 0.4) is 0 Å². The molecular weight excluding hydrogens is 322 g/mol. The first-order valence-corrected chi connectivity index (χ1v) is 8.89. The molecule has 3 aromatic rings. The van der Waals surface area contributed by atoms with Crippen LogP contribution in [0, 0.1) is 6.92 Å². The fourth-order valence-corrected chi connectivity index (χ4v) is 3.28. The molecule has 0 aliphatic rings. The Morgan fingerprint density at radius 1 is 0.875 bits per heavy atom. The lowest BCUT2D eigenvalue weighted by Gasteiger charge is -2.09. The lowest BCUT2D eigenvalue weighted by Crippen LogP contribution is -2.13. The third-order valence-corrected chi connectivity index (χ3v) is 4.76. The van der Waals surface area contributed by atoms with Gasteiger partial charge in [0.1, 0.15) is 5.82 Å². The highest BCUT2D eigenvalue weighted by atomic mass is 32.2. The molecular formula is C18H17N3O2S. The first-order valence-electron chi connectivity index (χ1n) is 7.40. The molecule has 24 heavy (non-hydrogen) atoms. The van der Waals surface area contributed by atoms with Crippen molar-refractivity contribution in [3.8, 4) is 0 Å². The van der Waals surface area contributed by atoms with Crippen LogP contribution in [-0.2, 0) is 10.0 Å². The largest absolute Gasteiger partial charge is 0.340 e. The van der Waals surface area contributed by atoms with E-state index in [0.717, 1.165) is 11.3 Å². The predicted molar refractivity (Wildman–Crippen MR) is 95.9 cm³/mol. The molecule has 5 nitrogen and oxygen atoms in total. The molecule has 3 rings (SSSR count). The molecule has 1 aromatic heterocycles. The maximum absolute atomic E-state index is 12.3. The molecule has 0 atom stereocenters. The average Bonchev–Trinajstić information content (AvgIpc) is 2.57. The zero-order chi connectivity index (χ0) is 17.0. The number of aryl methyl sites for hydroxylation is 1. The van der Waals surface area contributed by atoms with Crippen molar-refractivity contribution in [1.29, 1.82) is 0 Å². The summed E-state index contributed by atoms with van der Waals surface area (Å²) in [4.78, 5) is 4.46. The van der Waals surface area contributed by atoms with Gasteiger partial charge in [-0.25, -0.2) is 13.4 Å². The van der Waals surface area contributed by atoms with Crippen LogP contribution >= 0.6 is 0 Å². The fraction of sp³-hybridized carbons (Fsp3) is 0.0556. The Morgan fingerprint density at radius 3 is 2.33 bits per heavy atom. The van der Waals surface area contributed by atoms with Crippen LogP contribution in [-0.4, -0.2) is 13.4 Å². The summed E-state index contributed by atoms with van der Waals surface area (Å²) in [6, 6.07) is 19.5. The average molecular weight is 339 g/mol. The second-order valence-corrected chi connectivity index (χ2v) is 7.03. The van der Waals surface area contributed by atoms with E-state index in [1.807, 2.05) is 31.2 Å². The molecule has 0 saturated carbocycles. The second-order valence-electron chi connectivity index (χ2n) is 5.35. The van der Waals surface area contributed by atoms with Crippen molar-refractivity contribution >= 4 is 27.2 Å². The lowest BCUT2D eigenvalue weighted by molar-refractivity contribution is 0.601. The van der Waals surface area contributed by atoms with Crippen molar-refractivity contribution in [1.82, 2.24) is 4.98 Å². The Kier molecular flexibility index (Phi) is 4.48. The van der Waals surface area contributed by atoms with Gasteiger partial charge >= 0.3 is 0 Å². The van der Waals surface area contributed by atoms with Crippen LogP contribution in [0.1, 0.15) is 5.56 Å². The van der Waals surface area contributed by atoms with Crippen LogP contribution < -0.4 is 10.0 Å². The van der Waals surface area contributed by atoms with Crippen LogP contribution in [0.5, 0.6) is 0 Å². The smallest absolute Gasteiger partial charge is 0.261 e. The number of rotatable bonds is 5. The van der Waals surface area contributed by atoms with Crippen molar-refractivity contribution < 1.29 is 8.42 Å². The Bertz CT molecular complexity index is 924. The van der Waals surface area contributed by atoms with Crippen LogP contribution in [0.2, 0.25) is 0 Å². The van der Waals surface area contributed by atoms with Gasteiger partial charge < -0.3 is 5.32 Å². The highest BCUT2D eigenvalue weighted by Gasteiger charge is 2.13. The Morgan fingerprint density at radius 2 is 1.67 bits per heavy atom. The monoisotopic (exact) mass is 339 g/mol. The van der Waals surface area contributed by atoms with E-state index in [2.05, 4.69) is 15.0 Å². The van der Waals surface area contributed by atoms with Crippen molar-refractivity contribution in [3.05, 3.63) is 78.5 Å². The third-order valence-electron chi connectivity index (χ3n) is 3.36. The van der Waals surface area contributed by atoms with Gasteiger partial charge in [-0.15, -0.1) is 0 Å². The van der Waals surface area contributed by atoms with Gasteiger partial charge in [0.15, 0.2) is 0 Å². The maximum atomic E-state index is 12.3. The first kappa shape index (κ1) is 16.0. The molecule has 122 valence electrons. The molecule has 0 spiro atoms. The summed E-state index contributed by atoms with van der Waals surface area (Å²) in [7, 11) is -3.60. The highest BCUT2D eigenvalue weighted by Crippen LogP contribution is 2.19. The molecule has 0 unspecified atom stereocenters. The first-order chi connectivity index (χ1) is 11.5. The molecule has 0 bridgehead atoms. The Balaban J connectivity index is 1.73. The maximum Gasteiger partial charge on any atom is 0.261 e. The van der Waals surface area contributed by atoms with E-state index in [0.29, 0.717) is 11.5 Å². The molecule has 0 aliphatic heterocycles. The summed E-state index contributed by atoms with van der Waals surface area (Å²) >= 11 is 0. The zero-order valence-electron chi connectivity index (χ0n) is 13.1. The summed E-state index contributed by atoms with van der Waals surface area (Å²) in [5.41, 5.74) is 2.49. The topological polar surface area (TPSA) is 71.1 Å². The van der Waals surface area contributed by atoms with E-state index in [1.54, 1.807) is 42.5 Å². The van der Waals surface area contributed by atoms with Gasteiger partial charge in [0.2, 0.25) is 0 Å². The van der Waals surface area contributed by atoms with Gasteiger partial charge in [-0.05, 0) is 48.9 Å². The van der Waals surface area contributed by atoms with Gasteiger partial charge in [0.05, 0.1) is 16.8 Å². The molecule has 0 radical (unpaired) electrons. The van der Waals surface area contributed by atoms with Crippen molar-refractivity contribution in [3.63, 3.8) is 0 Å². The molecule has 0 amide bonds. The molecule has 0 saturated heterocycles. The molecule has 0 aliphatic carbocycles. The normalized spacial score (nSPS) is 11.0. The number of nitrogens with zero attached hydrogens (tertiary/aromatic N) is 1. The number of hydrogen-bond acceptors (Lipinski definition) is 4. The molecule has 0 fully saturated rings. The summed E-state index contributed by atoms with van der Waals surface area (Å²) in [6.07, 6.45) is 1.48. The predicted octanol–water partition coefficient (Wildman–Crippen LogP) is 3.93. The summed E-state index contributed by atoms with van der Waals surface area (Å²) in [5.74, 6) is 0.642. The van der Waals surface area contributed by atoms with Gasteiger partial charge in [-0.3, -0.25) is 4.72 Å². The van der Waals surface area contributed by atoms with Gasteiger partial charge in [0, 0.05) is 5.69 Å². The van der Waals surface area contributed by atoms with Crippen molar-refractivity contribution in [2.45, 2.75) is 11.8 Å². The number of benzene rings is 2. The number of pyridine rings is 1. The number of anilines is 3. The van der Waals surface area contributed by atoms with Gasteiger partial charge in [-0.1, -0.05) is 30.3 Å². The fourth-order valence-electron chi connectivity index (χ4n) is 2.21. The zero-order valence-corrected chi connectivity index (χ0v) is 13.9. The third kappa shape index (κ3) is 3.91. The highest BCUT2D eigenvalue weighted by molar-refractivity contribution is 7.92. The minimum Gasteiger partial charge on any atom is -0.340 e. The Labute approximate surface area is 141 Å². The summed E-state index contributed by atoms with van der Waals surface area (Å²) < 4.78 is 27.0. The SMILES string of the molecule is Cc1cccc(Nc2ccc(NS(=O)(=O)c3ccccc3)cn2)c1. The number of sulfonamides is 1. The van der Waals surface area contributed by atoms with Crippen LogP contribution in [0.4, 0.5) is 17.2 Å². The van der Waals surface area contributed by atoms with Crippen LogP contribution in [0.15, 0.2) is 77.8 Å². The summed E-state index contributed by atoms with van der Waals surface area (Å²) in [6.45, 7) is 2.01. The molecule has 1 heterocycles. The lowest BCUT2D eigenvalue weighted by atomic mass is 10.2. The van der Waals surface area contributed by atoms with Gasteiger partial charge in [-0.2, -0.15) is 0 Å². The van der Waals surface area contributed by atoms with Crippen LogP contribution in [0.25, 0.3) is 0 Å². The number of nitrogens with one attached hydrogen (secondary N) is 2. The van der Waals surface area contributed by atoms with E-state index in [4.69, 9.17) is 0 Å². The quantitative estimate of drug-likeness (QED) is 0.739. The summed E-state index contributed by atoms with van der Waals surface area (Å²) in [5, 5.41) is 3.18. The van der Waals surface area contributed by atoms with E-state index in [9.17, 15) is 8.42 Å². The van der Waals surface area contributed by atoms with E-state index in [1.165, 1.54) is 6.20 Å². The second kappa shape index (κ2) is 6.72. The molecule has 2 N–H and O–H groups in total. The minimum atomic E-state index is -3.60. The molecule has 6 heteroatoms. The van der Waals surface area contributed by atoms with E-state index in [-0.39, 0.29) is 4.90 Å². The van der Waals surface area contributed by atoms with E-state index < -0.39 is 10.0 Å². The van der Waals surface area contributed by atoms with Crippen molar-refractivity contribution in [2.24, 2.45) is 0 Å². The number of aromatic nitrogens is 1. The molecule has 2 aromatic carbocycles. The standard InChI is InChI=1S/C18H17N3O2S/c1-14-6-5-7-15(12-14)20-18-11-10-16(13-19-18)21-24(22,23)17-8-3-2-4-9-17/h2-13,21H,1H3,(H,19,20). The van der Waals surface area contributed by atoms with Gasteiger partial charge in [0.25, 0.3) is 10.0 Å². The Hall–Kier alpha value is -2.86. The minimum absolute atomic E-state index is 0.215.